The number of aliphatic hydroxyl groups is 1. The summed E-state index contributed by atoms with van der Waals surface area (Å²) in [4.78, 5) is 0. The van der Waals surface area contributed by atoms with Gasteiger partial charge in [0, 0.05) is 6.54 Å². The van der Waals surface area contributed by atoms with Crippen molar-refractivity contribution in [2.75, 3.05) is 6.54 Å². The summed E-state index contributed by atoms with van der Waals surface area (Å²) in [6, 6.07) is 8.96. The van der Waals surface area contributed by atoms with Crippen molar-refractivity contribution in [2.45, 2.75) is 31.6 Å². The topological polar surface area (TPSA) is 66.4 Å². The molecule has 0 aliphatic carbocycles. The molecule has 5 heteroatoms. The largest absolute Gasteiger partial charge is 0.389 e. The van der Waals surface area contributed by atoms with Gasteiger partial charge in [-0.2, -0.15) is 0 Å². The molecule has 4 nitrogen and oxygen atoms in total. The van der Waals surface area contributed by atoms with Gasteiger partial charge in [-0.05, 0) is 18.9 Å². The molecule has 0 spiro atoms. The molecule has 1 unspecified atom stereocenters. The second-order valence-corrected chi connectivity index (χ2v) is 6.22. The van der Waals surface area contributed by atoms with Crippen molar-refractivity contribution in [3.05, 3.63) is 35.9 Å². The molecule has 0 saturated carbocycles. The van der Waals surface area contributed by atoms with Crippen LogP contribution in [0.2, 0.25) is 0 Å². The lowest BCUT2D eigenvalue weighted by Gasteiger charge is -2.21. The van der Waals surface area contributed by atoms with Gasteiger partial charge in [0.25, 0.3) is 0 Å². The number of sulfonamides is 1. The number of rotatable bonds is 6. The van der Waals surface area contributed by atoms with Gasteiger partial charge in [0.15, 0.2) is 0 Å². The van der Waals surface area contributed by atoms with Crippen LogP contribution in [0.3, 0.4) is 0 Å². The molecular weight excluding hydrogens is 238 g/mol. The highest BCUT2D eigenvalue weighted by Gasteiger charge is 2.21. The molecule has 0 heterocycles. The van der Waals surface area contributed by atoms with E-state index in [0.29, 0.717) is 6.42 Å². The normalized spacial score (nSPS) is 15.5. The Kier molecular flexibility index (Phi) is 4.68. The van der Waals surface area contributed by atoms with Gasteiger partial charge >= 0.3 is 0 Å². The molecule has 0 aliphatic rings. The molecule has 0 saturated heterocycles. The monoisotopic (exact) mass is 257 g/mol. The molecule has 1 rings (SSSR count). The SMILES string of the molecule is CCC(C)(O)CNS(=O)(=O)Cc1ccccc1. The average Bonchev–Trinajstić information content (AvgIpc) is 2.28. The maximum absolute atomic E-state index is 11.7. The first-order valence-corrected chi connectivity index (χ1v) is 7.23. The van der Waals surface area contributed by atoms with Crippen LogP contribution in [-0.4, -0.2) is 25.7 Å². The van der Waals surface area contributed by atoms with Crippen LogP contribution in [0.5, 0.6) is 0 Å². The van der Waals surface area contributed by atoms with E-state index in [4.69, 9.17) is 0 Å². The Morgan fingerprint density at radius 2 is 1.88 bits per heavy atom. The van der Waals surface area contributed by atoms with Crippen LogP contribution in [0.25, 0.3) is 0 Å². The van der Waals surface area contributed by atoms with E-state index in [9.17, 15) is 13.5 Å². The molecule has 1 atom stereocenters. The van der Waals surface area contributed by atoms with Gasteiger partial charge in [0.1, 0.15) is 0 Å². The molecule has 0 aliphatic heterocycles. The predicted molar refractivity (Wildman–Crippen MR) is 68.0 cm³/mol. The van der Waals surface area contributed by atoms with Crippen molar-refractivity contribution in [3.8, 4) is 0 Å². The van der Waals surface area contributed by atoms with E-state index in [1.54, 1.807) is 31.2 Å². The molecule has 2 N–H and O–H groups in total. The van der Waals surface area contributed by atoms with Crippen LogP contribution in [0.4, 0.5) is 0 Å². The Balaban J connectivity index is 2.59. The maximum Gasteiger partial charge on any atom is 0.215 e. The third-order valence-corrected chi connectivity index (χ3v) is 3.93. The lowest BCUT2D eigenvalue weighted by molar-refractivity contribution is 0.0613. The summed E-state index contributed by atoms with van der Waals surface area (Å²) in [5, 5.41) is 9.73. The highest BCUT2D eigenvalue weighted by Crippen LogP contribution is 2.09. The number of hydrogen-bond donors (Lipinski definition) is 2. The van der Waals surface area contributed by atoms with Crippen molar-refractivity contribution in [1.82, 2.24) is 4.72 Å². The molecule has 0 amide bonds. The number of nitrogens with one attached hydrogen (secondary N) is 1. The summed E-state index contributed by atoms with van der Waals surface area (Å²) < 4.78 is 25.9. The van der Waals surface area contributed by atoms with Crippen LogP contribution >= 0.6 is 0 Å². The summed E-state index contributed by atoms with van der Waals surface area (Å²) in [5.41, 5.74) is -0.264. The molecule has 0 aromatic heterocycles. The van der Waals surface area contributed by atoms with E-state index >= 15 is 0 Å². The summed E-state index contributed by atoms with van der Waals surface area (Å²) in [7, 11) is -3.39. The summed E-state index contributed by atoms with van der Waals surface area (Å²) in [6.45, 7) is 3.46. The minimum absolute atomic E-state index is 0.0403. The van der Waals surface area contributed by atoms with Gasteiger partial charge in [-0.3, -0.25) is 0 Å². The van der Waals surface area contributed by atoms with Crippen molar-refractivity contribution >= 4 is 10.0 Å². The zero-order valence-corrected chi connectivity index (χ0v) is 11.0. The second-order valence-electron chi connectivity index (χ2n) is 4.42. The maximum atomic E-state index is 11.7. The molecule has 17 heavy (non-hydrogen) atoms. The Hall–Kier alpha value is -0.910. The van der Waals surface area contributed by atoms with Gasteiger partial charge in [-0.1, -0.05) is 37.3 Å². The minimum atomic E-state index is -3.39. The van der Waals surface area contributed by atoms with Crippen molar-refractivity contribution in [3.63, 3.8) is 0 Å². The van der Waals surface area contributed by atoms with Gasteiger partial charge in [0.05, 0.1) is 11.4 Å². The van der Waals surface area contributed by atoms with Crippen LogP contribution < -0.4 is 4.72 Å². The molecule has 96 valence electrons. The minimum Gasteiger partial charge on any atom is -0.389 e. The zero-order valence-electron chi connectivity index (χ0n) is 10.2. The quantitative estimate of drug-likeness (QED) is 0.806. The molecular formula is C12H19NO3S. The Morgan fingerprint density at radius 3 is 2.41 bits per heavy atom. The summed E-state index contributed by atoms with van der Waals surface area (Å²) >= 11 is 0. The van der Waals surface area contributed by atoms with Gasteiger partial charge in [0.2, 0.25) is 10.0 Å². The third kappa shape index (κ3) is 5.30. The fraction of sp³-hybridized carbons (Fsp3) is 0.500. The van der Waals surface area contributed by atoms with E-state index in [1.807, 2.05) is 13.0 Å². The van der Waals surface area contributed by atoms with Crippen molar-refractivity contribution in [1.29, 1.82) is 0 Å². The Labute approximate surface area is 103 Å². The highest BCUT2D eigenvalue weighted by molar-refractivity contribution is 7.88. The Morgan fingerprint density at radius 1 is 1.29 bits per heavy atom. The van der Waals surface area contributed by atoms with E-state index in [2.05, 4.69) is 4.72 Å². The summed E-state index contributed by atoms with van der Waals surface area (Å²) in [6.07, 6.45) is 0.501. The predicted octanol–water partition coefficient (Wildman–Crippen LogP) is 1.27. The zero-order chi connectivity index (χ0) is 12.9. The van der Waals surface area contributed by atoms with Gasteiger partial charge < -0.3 is 5.11 Å². The average molecular weight is 257 g/mol. The molecule has 0 radical (unpaired) electrons. The van der Waals surface area contributed by atoms with Gasteiger partial charge in [-0.25, -0.2) is 13.1 Å². The van der Waals surface area contributed by atoms with E-state index in [1.165, 1.54) is 0 Å². The highest BCUT2D eigenvalue weighted by atomic mass is 32.2. The van der Waals surface area contributed by atoms with E-state index < -0.39 is 15.6 Å². The molecule has 0 fully saturated rings. The molecule has 1 aromatic carbocycles. The first kappa shape index (κ1) is 14.2. The first-order valence-electron chi connectivity index (χ1n) is 5.58. The van der Waals surface area contributed by atoms with Crippen LogP contribution in [0.1, 0.15) is 25.8 Å². The third-order valence-electron chi connectivity index (χ3n) is 2.63. The fourth-order valence-corrected chi connectivity index (χ4v) is 2.50. The van der Waals surface area contributed by atoms with Crippen LogP contribution in [-0.2, 0) is 15.8 Å². The molecule has 1 aromatic rings. The van der Waals surface area contributed by atoms with Crippen LogP contribution in [0.15, 0.2) is 30.3 Å². The van der Waals surface area contributed by atoms with E-state index in [-0.39, 0.29) is 12.3 Å². The summed E-state index contributed by atoms with van der Waals surface area (Å²) in [5.74, 6) is -0.0619. The fourth-order valence-electron chi connectivity index (χ4n) is 1.24. The standard InChI is InChI=1S/C12H19NO3S/c1-3-12(2,14)10-13-17(15,16)9-11-7-5-4-6-8-11/h4-8,13-14H,3,9-10H2,1-2H3. The lowest BCUT2D eigenvalue weighted by atomic mass is 10.1. The number of hydrogen-bond acceptors (Lipinski definition) is 3. The Bertz CT molecular complexity index is 440. The van der Waals surface area contributed by atoms with E-state index in [0.717, 1.165) is 5.56 Å². The number of benzene rings is 1. The van der Waals surface area contributed by atoms with Crippen molar-refractivity contribution < 1.29 is 13.5 Å². The van der Waals surface area contributed by atoms with Crippen LogP contribution in [0, 0.1) is 0 Å². The first-order chi connectivity index (χ1) is 7.85. The second kappa shape index (κ2) is 5.62. The lowest BCUT2D eigenvalue weighted by Crippen LogP contribution is -2.40. The van der Waals surface area contributed by atoms with Crippen molar-refractivity contribution in [2.24, 2.45) is 0 Å². The molecule has 0 bridgehead atoms. The van der Waals surface area contributed by atoms with Gasteiger partial charge in [-0.15, -0.1) is 0 Å². The smallest absolute Gasteiger partial charge is 0.215 e.